The maximum Gasteiger partial charge on any atom is 0.332 e. The SMILES string of the molecule is Cc1cccc(O)c1O[Cl+3]([O-])([O-])[O-]. The highest BCUT2D eigenvalue weighted by Crippen LogP contribution is 2.30. The molecule has 1 aromatic carbocycles. The van der Waals surface area contributed by atoms with Crippen LogP contribution in [0, 0.1) is 17.2 Å². The van der Waals surface area contributed by atoms with Crippen LogP contribution in [0.3, 0.4) is 0 Å². The second-order valence-corrected chi connectivity index (χ2v) is 3.29. The first-order chi connectivity index (χ1) is 5.90. The molecular weight excluding hydrogens is 200 g/mol. The molecule has 0 spiro atoms. The van der Waals surface area contributed by atoms with Gasteiger partial charge in [-0.2, -0.15) is 14.0 Å². The zero-order valence-corrected chi connectivity index (χ0v) is 7.45. The van der Waals surface area contributed by atoms with Crippen LogP contribution in [0.4, 0.5) is 0 Å². The predicted octanol–water partition coefficient (Wildman–Crippen LogP) is -2.02. The molecule has 0 aliphatic heterocycles. The third-order valence-corrected chi connectivity index (χ3v) is 1.71. The van der Waals surface area contributed by atoms with Crippen LogP contribution >= 0.6 is 0 Å². The van der Waals surface area contributed by atoms with Crippen molar-refractivity contribution in [2.75, 3.05) is 0 Å². The van der Waals surface area contributed by atoms with Crippen LogP contribution in [0.5, 0.6) is 11.5 Å². The highest BCUT2D eigenvalue weighted by atomic mass is 35.7. The number of aryl methyl sites for hydroxylation is 1. The number of para-hydroxylation sites is 1. The number of halogens is 1. The van der Waals surface area contributed by atoms with Crippen molar-refractivity contribution in [3.05, 3.63) is 23.8 Å². The highest BCUT2D eigenvalue weighted by molar-refractivity contribution is 5.44. The lowest BCUT2D eigenvalue weighted by molar-refractivity contribution is -1.91. The van der Waals surface area contributed by atoms with Crippen LogP contribution in [-0.2, 0) is 0 Å². The number of benzene rings is 1. The molecule has 0 saturated carbocycles. The van der Waals surface area contributed by atoms with Gasteiger partial charge in [-0.25, -0.2) is 0 Å². The topological polar surface area (TPSA) is 98.6 Å². The Bertz CT molecular complexity index is 286. The standard InChI is InChI=1S/C7H7ClO5/c1-5-3-2-4-6(9)7(5)13-8(10,11)12/h2-4,9H,1H3. The summed E-state index contributed by atoms with van der Waals surface area (Å²) >= 11 is 0. The van der Waals surface area contributed by atoms with E-state index in [0.29, 0.717) is 5.56 Å². The van der Waals surface area contributed by atoms with Gasteiger partial charge in [0, 0.05) is 5.56 Å². The molecule has 5 nitrogen and oxygen atoms in total. The number of phenols is 1. The predicted molar refractivity (Wildman–Crippen MR) is 33.5 cm³/mol. The van der Waals surface area contributed by atoms with E-state index in [1.807, 2.05) is 0 Å². The van der Waals surface area contributed by atoms with Crippen LogP contribution in [0.15, 0.2) is 18.2 Å². The summed E-state index contributed by atoms with van der Waals surface area (Å²) in [5.41, 5.74) is 0.368. The zero-order valence-electron chi connectivity index (χ0n) is 6.69. The van der Waals surface area contributed by atoms with Gasteiger partial charge in [0.25, 0.3) is 0 Å². The lowest BCUT2D eigenvalue weighted by atomic mass is 10.2. The van der Waals surface area contributed by atoms with Crippen molar-refractivity contribution >= 4 is 0 Å². The lowest BCUT2D eigenvalue weighted by Crippen LogP contribution is -2.63. The van der Waals surface area contributed by atoms with Crippen LogP contribution in [0.2, 0.25) is 0 Å². The molecule has 6 heteroatoms. The van der Waals surface area contributed by atoms with Gasteiger partial charge < -0.3 is 5.11 Å². The normalized spacial score (nSPS) is 11.4. The maximum atomic E-state index is 10.2. The first-order valence-corrected chi connectivity index (χ1v) is 4.52. The number of hydrogen-bond acceptors (Lipinski definition) is 5. The molecule has 1 rings (SSSR count). The molecule has 0 saturated heterocycles. The van der Waals surface area contributed by atoms with Gasteiger partial charge in [-0.1, -0.05) is 16.4 Å². The fraction of sp³-hybridized carbons (Fsp3) is 0.143. The minimum atomic E-state index is -4.56. The van der Waals surface area contributed by atoms with E-state index in [4.69, 9.17) is 5.11 Å². The van der Waals surface area contributed by atoms with E-state index in [1.54, 1.807) is 0 Å². The molecule has 0 atom stereocenters. The van der Waals surface area contributed by atoms with Gasteiger partial charge in [-0.3, -0.25) is 0 Å². The summed E-state index contributed by atoms with van der Waals surface area (Å²) in [5, 5.41) is 9.12. The Hall–Kier alpha value is -1.01. The van der Waals surface area contributed by atoms with Crippen LogP contribution in [0.1, 0.15) is 5.56 Å². The average molecular weight is 207 g/mol. The summed E-state index contributed by atoms with van der Waals surface area (Å²) < 4.78 is 34.6. The first kappa shape index (κ1) is 10.1. The molecule has 0 fully saturated rings. The van der Waals surface area contributed by atoms with Crippen molar-refractivity contribution in [1.29, 1.82) is 0 Å². The fourth-order valence-electron chi connectivity index (χ4n) is 0.832. The van der Waals surface area contributed by atoms with Crippen molar-refractivity contribution < 1.29 is 33.6 Å². The summed E-state index contributed by atoms with van der Waals surface area (Å²) in [5.74, 6) is -0.717. The van der Waals surface area contributed by atoms with Crippen molar-refractivity contribution in [2.45, 2.75) is 6.92 Å². The maximum absolute atomic E-state index is 10.2. The smallest absolute Gasteiger partial charge is 0.332 e. The van der Waals surface area contributed by atoms with Gasteiger partial charge in [0.05, 0.1) is 0 Å². The van der Waals surface area contributed by atoms with Crippen LogP contribution in [-0.4, -0.2) is 5.11 Å². The van der Waals surface area contributed by atoms with E-state index in [-0.39, 0.29) is 11.5 Å². The molecule has 13 heavy (non-hydrogen) atoms. The molecule has 0 aromatic heterocycles. The number of phenolic OH excluding ortho intramolecular Hbond substituents is 1. The summed E-state index contributed by atoms with van der Waals surface area (Å²) in [6.45, 7) is 1.51. The van der Waals surface area contributed by atoms with E-state index >= 15 is 0 Å². The van der Waals surface area contributed by atoms with Gasteiger partial charge in [-0.05, 0) is 13.0 Å². The molecule has 1 N–H and O–H groups in total. The molecule has 0 unspecified atom stereocenters. The van der Waals surface area contributed by atoms with Crippen LogP contribution < -0.4 is 18.3 Å². The molecule has 0 radical (unpaired) electrons. The Labute approximate surface area is 76.5 Å². The number of aromatic hydroxyl groups is 1. The first-order valence-electron chi connectivity index (χ1n) is 3.29. The number of hydrogen-bond donors (Lipinski definition) is 1. The Morgan fingerprint density at radius 2 is 1.92 bits per heavy atom. The van der Waals surface area contributed by atoms with E-state index < -0.39 is 10.2 Å². The van der Waals surface area contributed by atoms with E-state index in [0.717, 1.165) is 0 Å². The highest BCUT2D eigenvalue weighted by Gasteiger charge is 2.24. The van der Waals surface area contributed by atoms with Crippen molar-refractivity contribution in [1.82, 2.24) is 0 Å². The Morgan fingerprint density at radius 1 is 1.31 bits per heavy atom. The molecule has 72 valence electrons. The van der Waals surface area contributed by atoms with E-state index in [2.05, 4.69) is 4.29 Å². The minimum Gasteiger partial charge on any atom is -0.504 e. The fourth-order valence-corrected chi connectivity index (χ4v) is 1.22. The monoisotopic (exact) mass is 206 g/mol. The third kappa shape index (κ3) is 2.74. The quantitative estimate of drug-likeness (QED) is 0.602. The van der Waals surface area contributed by atoms with Crippen LogP contribution in [0.25, 0.3) is 0 Å². The molecule has 0 amide bonds. The molecular formula is C7H7ClO5. The van der Waals surface area contributed by atoms with Gasteiger partial charge in [0.15, 0.2) is 5.75 Å². The molecule has 0 bridgehead atoms. The second-order valence-electron chi connectivity index (χ2n) is 2.38. The van der Waals surface area contributed by atoms with Gasteiger partial charge >= 0.3 is 5.75 Å². The average Bonchev–Trinajstić information content (AvgIpc) is 1.95. The van der Waals surface area contributed by atoms with Gasteiger partial charge in [0.2, 0.25) is 0 Å². The molecule has 0 aliphatic carbocycles. The molecule has 0 heterocycles. The van der Waals surface area contributed by atoms with Gasteiger partial charge in [0.1, 0.15) is 10.2 Å². The Kier molecular flexibility index (Phi) is 2.63. The number of rotatable bonds is 2. The van der Waals surface area contributed by atoms with E-state index in [9.17, 15) is 14.0 Å². The second kappa shape index (κ2) is 3.39. The molecule has 0 aliphatic rings. The van der Waals surface area contributed by atoms with Crippen molar-refractivity contribution in [3.63, 3.8) is 0 Å². The zero-order chi connectivity index (χ0) is 10.1. The Balaban J connectivity index is 3.00. The largest absolute Gasteiger partial charge is 0.504 e. The van der Waals surface area contributed by atoms with E-state index in [1.165, 1.54) is 25.1 Å². The molecule has 1 aromatic rings. The summed E-state index contributed by atoms with van der Waals surface area (Å²) in [4.78, 5) is 0. The minimum absolute atomic E-state index is 0.334. The third-order valence-electron chi connectivity index (χ3n) is 1.36. The lowest BCUT2D eigenvalue weighted by Gasteiger charge is -2.13. The van der Waals surface area contributed by atoms with Gasteiger partial charge in [-0.15, -0.1) is 0 Å². The summed E-state index contributed by atoms with van der Waals surface area (Å²) in [6, 6.07) is 4.24. The Morgan fingerprint density at radius 3 is 2.38 bits per heavy atom. The van der Waals surface area contributed by atoms with Crippen molar-refractivity contribution in [3.8, 4) is 11.5 Å². The summed E-state index contributed by atoms with van der Waals surface area (Å²) in [6.07, 6.45) is 0. The summed E-state index contributed by atoms with van der Waals surface area (Å²) in [7, 11) is -4.56. The van der Waals surface area contributed by atoms with Crippen molar-refractivity contribution in [2.24, 2.45) is 0 Å².